The second kappa shape index (κ2) is 3.20. The summed E-state index contributed by atoms with van der Waals surface area (Å²) in [6.45, 7) is 9.08. The number of allylic oxidation sites excluding steroid dienone is 2. The molecule has 0 N–H and O–H groups in total. The third kappa shape index (κ3) is 1.39. The zero-order valence-corrected chi connectivity index (χ0v) is 10.3. The number of Topliss-reactive ketones (excluding diaryl/α,β-unsaturated/α-hetero) is 1. The Balaban J connectivity index is 2.43. The van der Waals surface area contributed by atoms with Crippen molar-refractivity contribution in [3.05, 3.63) is 12.2 Å². The molecule has 0 radical (unpaired) electrons. The minimum Gasteiger partial charge on any atom is -0.299 e. The van der Waals surface area contributed by atoms with Crippen molar-refractivity contribution in [2.45, 2.75) is 47.0 Å². The Morgan fingerprint density at radius 2 is 1.93 bits per heavy atom. The number of carbonyl (C=O) groups excluding carboxylic acids is 1. The Labute approximate surface area is 92.9 Å². The predicted octanol–water partition coefficient (Wildman–Crippen LogP) is 3.59. The van der Waals surface area contributed by atoms with Gasteiger partial charge in [0.1, 0.15) is 5.78 Å². The van der Waals surface area contributed by atoms with E-state index >= 15 is 0 Å². The van der Waals surface area contributed by atoms with Crippen LogP contribution in [-0.2, 0) is 4.79 Å². The highest BCUT2D eigenvalue weighted by atomic mass is 16.1. The molecule has 0 aliphatic heterocycles. The van der Waals surface area contributed by atoms with Crippen LogP contribution in [0.5, 0.6) is 0 Å². The summed E-state index contributed by atoms with van der Waals surface area (Å²) in [4.78, 5) is 12.2. The van der Waals surface area contributed by atoms with Crippen LogP contribution in [0.15, 0.2) is 12.2 Å². The summed E-state index contributed by atoms with van der Waals surface area (Å²) in [6, 6.07) is 0. The molecule has 0 heterocycles. The van der Waals surface area contributed by atoms with Crippen molar-refractivity contribution in [3.8, 4) is 0 Å². The van der Waals surface area contributed by atoms with Gasteiger partial charge in [-0.25, -0.2) is 0 Å². The monoisotopic (exact) mass is 206 g/mol. The molecule has 0 saturated heterocycles. The van der Waals surface area contributed by atoms with Gasteiger partial charge in [-0.2, -0.15) is 0 Å². The van der Waals surface area contributed by atoms with Crippen LogP contribution >= 0.6 is 0 Å². The van der Waals surface area contributed by atoms with Gasteiger partial charge in [-0.15, -0.1) is 0 Å². The van der Waals surface area contributed by atoms with E-state index in [0.29, 0.717) is 5.78 Å². The number of hydrogen-bond donors (Lipinski definition) is 0. The normalized spacial score (nSPS) is 43.9. The quantitative estimate of drug-likeness (QED) is 0.553. The van der Waals surface area contributed by atoms with Crippen LogP contribution in [0.4, 0.5) is 0 Å². The van der Waals surface area contributed by atoms with E-state index in [1.165, 1.54) is 0 Å². The average molecular weight is 206 g/mol. The highest BCUT2D eigenvalue weighted by Crippen LogP contribution is 2.58. The third-order valence-electron chi connectivity index (χ3n) is 5.04. The summed E-state index contributed by atoms with van der Waals surface area (Å²) >= 11 is 0. The maximum Gasteiger partial charge on any atom is 0.139 e. The summed E-state index contributed by atoms with van der Waals surface area (Å²) < 4.78 is 0. The van der Waals surface area contributed by atoms with Crippen LogP contribution in [0.2, 0.25) is 0 Å². The van der Waals surface area contributed by atoms with Gasteiger partial charge in [0.05, 0.1) is 0 Å². The Morgan fingerprint density at radius 1 is 1.27 bits per heavy atom. The summed E-state index contributed by atoms with van der Waals surface area (Å²) in [6.07, 6.45) is 7.54. The molecule has 0 aromatic carbocycles. The molecule has 0 spiro atoms. The fraction of sp³-hybridized carbons (Fsp3) is 0.786. The van der Waals surface area contributed by atoms with Gasteiger partial charge < -0.3 is 0 Å². The zero-order chi connectivity index (χ0) is 11.3. The molecular weight excluding hydrogens is 184 g/mol. The fourth-order valence-electron chi connectivity index (χ4n) is 3.58. The number of ketones is 1. The SMILES string of the molecule is C[C@@H]1CC(C)(C)[C@@]2(C)CC=CC[C@@H]2C1=O. The lowest BCUT2D eigenvalue weighted by molar-refractivity contribution is -0.145. The van der Waals surface area contributed by atoms with E-state index in [1.54, 1.807) is 0 Å². The zero-order valence-electron chi connectivity index (χ0n) is 10.3. The van der Waals surface area contributed by atoms with E-state index in [9.17, 15) is 4.79 Å². The first kappa shape index (κ1) is 10.9. The number of hydrogen-bond acceptors (Lipinski definition) is 1. The lowest BCUT2D eigenvalue weighted by atomic mass is 9.48. The molecule has 0 aromatic heterocycles. The first-order valence-electron chi connectivity index (χ1n) is 6.07. The summed E-state index contributed by atoms with van der Waals surface area (Å²) in [5, 5.41) is 0. The average Bonchev–Trinajstić information content (AvgIpc) is 2.15. The largest absolute Gasteiger partial charge is 0.299 e. The maximum atomic E-state index is 12.2. The van der Waals surface area contributed by atoms with Gasteiger partial charge in [0, 0.05) is 11.8 Å². The number of fused-ring (bicyclic) bond motifs is 1. The Bertz CT molecular complexity index is 313. The van der Waals surface area contributed by atoms with Crippen molar-refractivity contribution >= 4 is 5.78 Å². The van der Waals surface area contributed by atoms with Gasteiger partial charge in [0.2, 0.25) is 0 Å². The lowest BCUT2D eigenvalue weighted by Crippen LogP contribution is -2.52. The predicted molar refractivity (Wildman–Crippen MR) is 62.5 cm³/mol. The van der Waals surface area contributed by atoms with Crippen LogP contribution in [0, 0.1) is 22.7 Å². The molecule has 0 aromatic rings. The second-order valence-corrected chi connectivity index (χ2v) is 6.27. The molecule has 0 amide bonds. The summed E-state index contributed by atoms with van der Waals surface area (Å²) in [5.74, 6) is 1.02. The van der Waals surface area contributed by atoms with E-state index in [1.807, 2.05) is 0 Å². The van der Waals surface area contributed by atoms with E-state index in [-0.39, 0.29) is 22.7 Å². The highest BCUT2D eigenvalue weighted by molar-refractivity contribution is 5.85. The van der Waals surface area contributed by atoms with E-state index in [2.05, 4.69) is 39.8 Å². The topological polar surface area (TPSA) is 17.1 Å². The first-order chi connectivity index (χ1) is 6.88. The Morgan fingerprint density at radius 3 is 2.60 bits per heavy atom. The molecule has 1 heteroatoms. The molecule has 1 saturated carbocycles. The standard InChI is InChI=1S/C14H22O/c1-10-9-13(2,3)14(4)8-6-5-7-11(14)12(10)15/h5-6,10-11H,7-9H2,1-4H3/t10-,11-,14+/m1/s1. The van der Waals surface area contributed by atoms with Gasteiger partial charge in [-0.05, 0) is 30.1 Å². The van der Waals surface area contributed by atoms with Gasteiger partial charge in [-0.3, -0.25) is 4.79 Å². The fourth-order valence-corrected chi connectivity index (χ4v) is 3.58. The van der Waals surface area contributed by atoms with Crippen LogP contribution in [0.1, 0.15) is 47.0 Å². The number of carbonyl (C=O) groups is 1. The Kier molecular flexibility index (Phi) is 2.33. The van der Waals surface area contributed by atoms with Crippen molar-refractivity contribution in [1.82, 2.24) is 0 Å². The van der Waals surface area contributed by atoms with Crippen LogP contribution in [-0.4, -0.2) is 5.78 Å². The minimum atomic E-state index is 0.186. The molecule has 2 rings (SSSR count). The number of rotatable bonds is 0. The van der Waals surface area contributed by atoms with Crippen molar-refractivity contribution in [2.75, 3.05) is 0 Å². The maximum absolute atomic E-state index is 12.2. The summed E-state index contributed by atoms with van der Waals surface area (Å²) in [5.41, 5.74) is 0.473. The molecule has 1 nitrogen and oxygen atoms in total. The molecule has 84 valence electrons. The molecule has 3 atom stereocenters. The van der Waals surface area contributed by atoms with Crippen LogP contribution in [0.3, 0.4) is 0 Å². The second-order valence-electron chi connectivity index (χ2n) is 6.27. The van der Waals surface area contributed by atoms with Gasteiger partial charge >= 0.3 is 0 Å². The Hall–Kier alpha value is -0.590. The lowest BCUT2D eigenvalue weighted by Gasteiger charge is -2.55. The molecule has 0 unspecified atom stereocenters. The molecule has 2 aliphatic rings. The smallest absolute Gasteiger partial charge is 0.139 e. The van der Waals surface area contributed by atoms with Crippen molar-refractivity contribution in [1.29, 1.82) is 0 Å². The van der Waals surface area contributed by atoms with Crippen LogP contribution < -0.4 is 0 Å². The van der Waals surface area contributed by atoms with Crippen molar-refractivity contribution in [2.24, 2.45) is 22.7 Å². The molecule has 2 aliphatic carbocycles. The molecule has 15 heavy (non-hydrogen) atoms. The van der Waals surface area contributed by atoms with Gasteiger partial charge in [-0.1, -0.05) is 39.8 Å². The highest BCUT2D eigenvalue weighted by Gasteiger charge is 2.54. The molecule has 0 bridgehead atoms. The molecular formula is C14H22O. The summed E-state index contributed by atoms with van der Waals surface area (Å²) in [7, 11) is 0. The van der Waals surface area contributed by atoms with Gasteiger partial charge in [0.15, 0.2) is 0 Å². The van der Waals surface area contributed by atoms with Crippen molar-refractivity contribution in [3.63, 3.8) is 0 Å². The van der Waals surface area contributed by atoms with E-state index < -0.39 is 0 Å². The minimum absolute atomic E-state index is 0.186. The van der Waals surface area contributed by atoms with Crippen LogP contribution in [0.25, 0.3) is 0 Å². The third-order valence-corrected chi connectivity index (χ3v) is 5.04. The van der Waals surface area contributed by atoms with Crippen molar-refractivity contribution < 1.29 is 4.79 Å². The van der Waals surface area contributed by atoms with E-state index in [0.717, 1.165) is 19.3 Å². The molecule has 1 fully saturated rings. The van der Waals surface area contributed by atoms with Gasteiger partial charge in [0.25, 0.3) is 0 Å². The first-order valence-corrected chi connectivity index (χ1v) is 6.07. The van der Waals surface area contributed by atoms with E-state index in [4.69, 9.17) is 0 Å².